The summed E-state index contributed by atoms with van der Waals surface area (Å²) in [5, 5.41) is 11.1. The number of nitrogens with zero attached hydrogens (tertiary/aromatic N) is 1. The molecule has 37 heavy (non-hydrogen) atoms. The van der Waals surface area contributed by atoms with Crippen molar-refractivity contribution in [1.82, 2.24) is 4.90 Å². The minimum absolute atomic E-state index is 0.0592. The molecule has 6 rings (SSSR count). The number of carbonyl (C=O) groups is 2. The van der Waals surface area contributed by atoms with Gasteiger partial charge >= 0.3 is 5.97 Å². The van der Waals surface area contributed by atoms with E-state index in [9.17, 15) is 14.7 Å². The number of carbonyl (C=O) groups excluding carboxylic acids is 1. The fourth-order valence-corrected chi connectivity index (χ4v) is 10.3. The largest absolute Gasteiger partial charge is 0.481 e. The number of fused-ring (bicyclic) bond motifs is 2. The summed E-state index contributed by atoms with van der Waals surface area (Å²) in [5.74, 6) is 0.364. The highest BCUT2D eigenvalue weighted by atomic mass is 16.7. The highest BCUT2D eigenvalue weighted by Gasteiger charge is 2.84. The highest BCUT2D eigenvalue weighted by Crippen LogP contribution is 2.82. The van der Waals surface area contributed by atoms with Gasteiger partial charge < -0.3 is 19.4 Å². The zero-order chi connectivity index (χ0) is 26.2. The van der Waals surface area contributed by atoms with Crippen molar-refractivity contribution >= 4 is 12.3 Å². The Kier molecular flexibility index (Phi) is 6.28. The molecule has 0 spiro atoms. The number of hydrogen-bond acceptors (Lipinski definition) is 5. The summed E-state index contributed by atoms with van der Waals surface area (Å²) in [5.41, 5.74) is -1.65. The molecule has 5 aliphatic carbocycles. The first-order valence-electron chi connectivity index (χ1n) is 14.8. The quantitative estimate of drug-likeness (QED) is 0.379. The van der Waals surface area contributed by atoms with E-state index in [-0.39, 0.29) is 24.0 Å². The Morgan fingerprint density at radius 2 is 2.08 bits per heavy atom. The number of aldehydes is 1. The number of ether oxygens (including phenoxy) is 2. The minimum atomic E-state index is -1.18. The van der Waals surface area contributed by atoms with E-state index >= 15 is 0 Å². The van der Waals surface area contributed by atoms with Gasteiger partial charge in [-0.15, -0.1) is 0 Å². The first-order chi connectivity index (χ1) is 17.7. The summed E-state index contributed by atoms with van der Waals surface area (Å²) in [6.07, 6.45) is 14.6. The van der Waals surface area contributed by atoms with Gasteiger partial charge in [0.05, 0.1) is 25.2 Å². The number of allylic oxidation sites excluding steroid dienone is 2. The smallest absolute Gasteiger partial charge is 0.315 e. The lowest BCUT2D eigenvalue weighted by atomic mass is 9.43. The molecule has 0 radical (unpaired) electrons. The predicted molar refractivity (Wildman–Crippen MR) is 141 cm³/mol. The van der Waals surface area contributed by atoms with Gasteiger partial charge in [-0.05, 0) is 75.0 Å². The van der Waals surface area contributed by atoms with Gasteiger partial charge in [-0.1, -0.05) is 51.0 Å². The normalized spacial score (nSPS) is 48.8. The average Bonchev–Trinajstić information content (AvgIpc) is 3.46. The van der Waals surface area contributed by atoms with Crippen molar-refractivity contribution in [2.75, 3.05) is 19.8 Å². The Labute approximate surface area is 221 Å². The van der Waals surface area contributed by atoms with Gasteiger partial charge in [0.2, 0.25) is 0 Å². The first-order valence-corrected chi connectivity index (χ1v) is 14.8. The Morgan fingerprint density at radius 3 is 2.76 bits per heavy atom. The second kappa shape index (κ2) is 9.02. The molecule has 4 fully saturated rings. The van der Waals surface area contributed by atoms with Crippen molar-refractivity contribution in [2.24, 2.45) is 45.8 Å². The first kappa shape index (κ1) is 25.8. The Bertz CT molecular complexity index is 1010. The summed E-state index contributed by atoms with van der Waals surface area (Å²) in [6, 6.07) is 0.738. The molecule has 0 aromatic rings. The van der Waals surface area contributed by atoms with Gasteiger partial charge in [0.15, 0.2) is 6.29 Å². The summed E-state index contributed by atoms with van der Waals surface area (Å²) in [4.78, 5) is 29.3. The monoisotopic (exact) mass is 511 g/mol. The number of carboxylic acid groups (broad SMARTS) is 1. The van der Waals surface area contributed by atoms with Crippen LogP contribution in [0.4, 0.5) is 0 Å². The number of aliphatic carboxylic acids is 1. The predicted octanol–water partition coefficient (Wildman–Crippen LogP) is 5.08. The molecule has 10 atom stereocenters. The fourth-order valence-electron chi connectivity index (χ4n) is 10.3. The van der Waals surface area contributed by atoms with Crippen LogP contribution in [0.3, 0.4) is 0 Å². The lowest BCUT2D eigenvalue weighted by Gasteiger charge is -2.58. The van der Waals surface area contributed by atoms with Crippen LogP contribution in [0.2, 0.25) is 0 Å². The van der Waals surface area contributed by atoms with E-state index in [4.69, 9.17) is 9.47 Å². The maximum absolute atomic E-state index is 13.6. The van der Waals surface area contributed by atoms with Crippen molar-refractivity contribution in [3.8, 4) is 0 Å². The molecule has 204 valence electrons. The molecule has 4 unspecified atom stereocenters. The van der Waals surface area contributed by atoms with Crippen LogP contribution in [-0.2, 0) is 19.1 Å². The van der Waals surface area contributed by atoms with Crippen LogP contribution in [0.5, 0.6) is 0 Å². The minimum Gasteiger partial charge on any atom is -0.481 e. The van der Waals surface area contributed by atoms with Crippen molar-refractivity contribution in [3.63, 3.8) is 0 Å². The van der Waals surface area contributed by atoms with Gasteiger partial charge in [-0.25, -0.2) is 0 Å². The van der Waals surface area contributed by atoms with E-state index < -0.39 is 22.2 Å². The lowest BCUT2D eigenvalue weighted by molar-refractivity contribution is -0.230. The molecule has 1 aliphatic heterocycles. The summed E-state index contributed by atoms with van der Waals surface area (Å²) < 4.78 is 12.9. The number of hydrogen-bond donors (Lipinski definition) is 1. The maximum atomic E-state index is 13.6. The fraction of sp³-hybridized carbons (Fsp3) is 0.806. The topological polar surface area (TPSA) is 76.1 Å². The molecule has 6 heteroatoms. The van der Waals surface area contributed by atoms with Crippen LogP contribution in [0, 0.1) is 45.8 Å². The molecule has 1 N–H and O–H groups in total. The number of carboxylic acids is 1. The van der Waals surface area contributed by atoms with Crippen LogP contribution >= 0.6 is 0 Å². The van der Waals surface area contributed by atoms with Gasteiger partial charge in [0.25, 0.3) is 0 Å². The van der Waals surface area contributed by atoms with E-state index in [1.807, 2.05) is 0 Å². The van der Waals surface area contributed by atoms with Gasteiger partial charge in [-0.3, -0.25) is 9.69 Å². The third-order valence-corrected chi connectivity index (χ3v) is 11.8. The van der Waals surface area contributed by atoms with Crippen molar-refractivity contribution < 1.29 is 24.2 Å². The molecule has 1 heterocycles. The molecule has 0 aromatic carbocycles. The summed E-state index contributed by atoms with van der Waals surface area (Å²) >= 11 is 0. The Hall–Kier alpha value is -1.50. The number of morpholine rings is 1. The standard InChI is InChI=1S/C31H45NO5/c1-19(2)26-12-22-13-29(17-33)25-11-10-20(3)24(25)14-30(22,31(26,29)28(34)35)18-37-27-15-32(21(4)16-36-27)23-8-6-5-7-9-23/h6,8,12,17,19-25,27H,5,7,9-11,13-16,18H2,1-4H3,(H,34,35)/t20-,21-,22?,23?,24-,25-,27+,29?,30?,31+/m1/s1. The molecule has 4 bridgehead atoms. The third-order valence-electron chi connectivity index (χ3n) is 11.8. The molecule has 6 nitrogen and oxygen atoms in total. The molecule has 1 saturated heterocycles. The molecule has 6 aliphatic rings. The second-order valence-electron chi connectivity index (χ2n) is 13.5. The van der Waals surface area contributed by atoms with E-state index in [2.05, 4.69) is 50.8 Å². The zero-order valence-electron chi connectivity index (χ0n) is 23.0. The van der Waals surface area contributed by atoms with Crippen molar-refractivity contribution in [3.05, 3.63) is 23.8 Å². The van der Waals surface area contributed by atoms with Crippen LogP contribution in [0.15, 0.2) is 23.8 Å². The van der Waals surface area contributed by atoms with E-state index in [0.717, 1.165) is 44.0 Å². The van der Waals surface area contributed by atoms with Crippen LogP contribution < -0.4 is 0 Å². The molecule has 3 saturated carbocycles. The number of rotatable bonds is 7. The van der Waals surface area contributed by atoms with Gasteiger partial charge in [0, 0.05) is 17.5 Å². The van der Waals surface area contributed by atoms with Crippen LogP contribution in [-0.4, -0.2) is 60.4 Å². The zero-order valence-corrected chi connectivity index (χ0v) is 23.0. The lowest BCUT2D eigenvalue weighted by Crippen LogP contribution is -2.64. The van der Waals surface area contributed by atoms with Gasteiger partial charge in [0.1, 0.15) is 11.7 Å². The third kappa shape index (κ3) is 3.27. The Morgan fingerprint density at radius 1 is 1.27 bits per heavy atom. The summed E-state index contributed by atoms with van der Waals surface area (Å²) in [7, 11) is 0. The Balaban J connectivity index is 1.34. The van der Waals surface area contributed by atoms with Crippen molar-refractivity contribution in [1.29, 1.82) is 0 Å². The van der Waals surface area contributed by atoms with E-state index in [0.29, 0.717) is 50.1 Å². The summed E-state index contributed by atoms with van der Waals surface area (Å²) in [6.45, 7) is 10.4. The van der Waals surface area contributed by atoms with Crippen molar-refractivity contribution in [2.45, 2.75) is 91.0 Å². The molecule has 0 aromatic heterocycles. The van der Waals surface area contributed by atoms with Crippen LogP contribution in [0.25, 0.3) is 0 Å². The molecule has 0 amide bonds. The average molecular weight is 512 g/mol. The van der Waals surface area contributed by atoms with E-state index in [1.54, 1.807) is 0 Å². The second-order valence-corrected chi connectivity index (χ2v) is 13.5. The SMILES string of the molecule is CC(C)C1=CC2CC3(C=O)[C@@H]4CC[C@@H](C)[C@H]4CC2(CO[C@H]2CN(C4C=CCCC4)[C@H](C)CO2)[C@]13C(=O)O. The molecular formula is C31H45NO5. The maximum Gasteiger partial charge on any atom is 0.315 e. The highest BCUT2D eigenvalue weighted by molar-refractivity contribution is 5.90. The van der Waals surface area contributed by atoms with Crippen LogP contribution in [0.1, 0.15) is 72.6 Å². The molecular weight excluding hydrogens is 466 g/mol. The van der Waals surface area contributed by atoms with E-state index in [1.165, 1.54) is 6.42 Å². The van der Waals surface area contributed by atoms with Gasteiger partial charge in [-0.2, -0.15) is 0 Å².